The van der Waals surface area contributed by atoms with Crippen LogP contribution in [0.25, 0.3) is 0 Å². The average molecular weight is 990 g/mol. The van der Waals surface area contributed by atoms with E-state index >= 15 is 4.79 Å². The second kappa shape index (κ2) is 26.0. The molecule has 8 atom stereocenters. The third-order valence-corrected chi connectivity index (χ3v) is 14.2. The van der Waals surface area contributed by atoms with Crippen LogP contribution >= 0.6 is 21.6 Å². The van der Waals surface area contributed by atoms with Crippen molar-refractivity contribution in [3.63, 3.8) is 0 Å². The summed E-state index contributed by atoms with van der Waals surface area (Å²) in [6, 6.07) is 11.8. The van der Waals surface area contributed by atoms with Gasteiger partial charge in [-0.1, -0.05) is 102 Å². The molecular weight excluding hydrogens is 927 g/mol. The number of aliphatic carboxylic acids is 1. The predicted octanol–water partition coefficient (Wildman–Crippen LogP) is 0.824. The summed E-state index contributed by atoms with van der Waals surface area (Å²) >= 11 is 0. The second-order valence-corrected chi connectivity index (χ2v) is 20.0. The van der Waals surface area contributed by atoms with Crippen LogP contribution in [0.2, 0.25) is 0 Å². The number of unbranched alkanes of at least 4 members (excludes halogenated alkanes) is 1. The van der Waals surface area contributed by atoms with E-state index in [1.54, 1.807) is 68.4 Å². The molecule has 0 radical (unpaired) electrons. The molecule has 0 spiro atoms. The highest BCUT2D eigenvalue weighted by Crippen LogP contribution is 2.32. The van der Waals surface area contributed by atoms with Gasteiger partial charge < -0.3 is 58.5 Å². The summed E-state index contributed by atoms with van der Waals surface area (Å²) < 4.78 is 0. The molecule has 2 aliphatic rings. The number of nitrogens with two attached hydrogens (primary N) is 2. The number of carboxylic acids is 1. The molecule has 5 rings (SSSR count). The Balaban J connectivity index is 1.62. The van der Waals surface area contributed by atoms with Crippen LogP contribution in [-0.2, 0) is 57.6 Å². The third kappa shape index (κ3) is 15.4. The zero-order chi connectivity index (χ0) is 50.2. The maximum Gasteiger partial charge on any atom is 0.326 e. The van der Waals surface area contributed by atoms with Gasteiger partial charge in [0, 0.05) is 30.9 Å². The van der Waals surface area contributed by atoms with E-state index in [0.29, 0.717) is 36.0 Å². The smallest absolute Gasteiger partial charge is 0.326 e. The Bertz CT molecular complexity index is 2290. The fraction of sp³-hybridized carbons (Fsp3) is 0.458. The number of phenolic OH excluding ortho intramolecular Hbond substituents is 1. The van der Waals surface area contributed by atoms with Crippen LogP contribution in [0.5, 0.6) is 5.75 Å². The quantitative estimate of drug-likeness (QED) is 0.0791. The lowest BCUT2D eigenvalue weighted by Gasteiger charge is -2.39. The lowest BCUT2D eigenvalue weighted by Crippen LogP contribution is -2.61. The van der Waals surface area contributed by atoms with Gasteiger partial charge in [0.1, 0.15) is 48.0 Å². The van der Waals surface area contributed by atoms with E-state index in [1.165, 1.54) is 24.0 Å². The van der Waals surface area contributed by atoms with Crippen LogP contribution < -0.4 is 43.4 Å². The summed E-state index contributed by atoms with van der Waals surface area (Å²) in [5, 5.41) is 36.3. The van der Waals surface area contributed by atoms with Crippen molar-refractivity contribution >= 4 is 68.9 Å². The number of carbonyl (C=O) groups excluding carboxylic acids is 7. The minimum absolute atomic E-state index is 0.00446. The molecule has 3 aromatic rings. The number of phenols is 1. The van der Waals surface area contributed by atoms with Crippen LogP contribution in [0, 0.1) is 5.92 Å². The first-order valence-corrected chi connectivity index (χ1v) is 25.4. The number of fused-ring (bicyclic) bond motifs is 3. The van der Waals surface area contributed by atoms with Crippen LogP contribution in [0.4, 0.5) is 0 Å². The second-order valence-electron chi connectivity index (χ2n) is 17.5. The van der Waals surface area contributed by atoms with Gasteiger partial charge in [0.25, 0.3) is 0 Å². The molecule has 372 valence electrons. The number of amides is 7. The normalized spacial score (nSPS) is 22.9. The number of hydrogen-bond donors (Lipinski definition) is 10. The fourth-order valence-corrected chi connectivity index (χ4v) is 10.2. The Hall–Kier alpha value is -6.16. The van der Waals surface area contributed by atoms with E-state index < -0.39 is 102 Å². The molecule has 2 aliphatic heterocycles. The Morgan fingerprint density at radius 3 is 2.03 bits per heavy atom. The molecule has 0 aliphatic carbocycles. The molecule has 21 heteroatoms. The summed E-state index contributed by atoms with van der Waals surface area (Å²) in [6.07, 6.45) is 1.19. The minimum Gasteiger partial charge on any atom is -0.508 e. The first kappa shape index (κ1) is 53.8. The zero-order valence-corrected chi connectivity index (χ0v) is 40.5. The molecule has 1 saturated heterocycles. The fourth-order valence-electron chi connectivity index (χ4n) is 7.91. The topological polar surface area (TPSA) is 304 Å². The Morgan fingerprint density at radius 2 is 1.36 bits per heavy atom. The van der Waals surface area contributed by atoms with Gasteiger partial charge in [-0.15, -0.1) is 0 Å². The number of rotatable bonds is 14. The van der Waals surface area contributed by atoms with Crippen molar-refractivity contribution in [1.82, 2.24) is 36.8 Å². The lowest BCUT2D eigenvalue weighted by molar-refractivity contribution is -0.145. The molecular formula is C48H63N9O10S2. The van der Waals surface area contributed by atoms with Crippen LogP contribution in [0.3, 0.4) is 0 Å². The van der Waals surface area contributed by atoms with Gasteiger partial charge in [-0.25, -0.2) is 4.79 Å². The number of nitrogens with one attached hydrogen (secondary N) is 6. The van der Waals surface area contributed by atoms with E-state index in [2.05, 4.69) is 31.9 Å². The summed E-state index contributed by atoms with van der Waals surface area (Å²) in [4.78, 5) is 114. The van der Waals surface area contributed by atoms with Crippen molar-refractivity contribution in [2.24, 2.45) is 17.4 Å². The van der Waals surface area contributed by atoms with E-state index in [0.717, 1.165) is 27.2 Å². The van der Waals surface area contributed by atoms with E-state index in [-0.39, 0.29) is 49.6 Å². The maximum absolute atomic E-state index is 15.1. The van der Waals surface area contributed by atoms with Gasteiger partial charge >= 0.3 is 5.97 Å². The zero-order valence-electron chi connectivity index (χ0n) is 38.9. The number of aromatic hydroxyl groups is 1. The summed E-state index contributed by atoms with van der Waals surface area (Å²) in [7, 11) is 2.10. The predicted molar refractivity (Wildman–Crippen MR) is 262 cm³/mol. The Labute approximate surface area is 409 Å². The summed E-state index contributed by atoms with van der Waals surface area (Å²) in [6.45, 7) is 5.01. The number of nitrogens with zero attached hydrogens (tertiary/aromatic N) is 1. The van der Waals surface area contributed by atoms with Gasteiger partial charge in [0.05, 0.1) is 6.04 Å². The minimum atomic E-state index is -1.41. The van der Waals surface area contributed by atoms with E-state index in [1.807, 2.05) is 12.1 Å². The monoisotopic (exact) mass is 989 g/mol. The molecule has 69 heavy (non-hydrogen) atoms. The molecule has 0 bridgehead atoms. The van der Waals surface area contributed by atoms with Crippen LogP contribution in [-0.4, -0.2) is 129 Å². The molecule has 0 unspecified atom stereocenters. The van der Waals surface area contributed by atoms with Crippen molar-refractivity contribution < 1.29 is 48.6 Å². The molecule has 7 amide bonds. The highest BCUT2D eigenvalue weighted by Gasteiger charge is 2.41. The van der Waals surface area contributed by atoms with E-state index in [9.17, 15) is 43.8 Å². The van der Waals surface area contributed by atoms with Crippen LogP contribution in [0.1, 0.15) is 68.3 Å². The molecule has 3 aromatic carbocycles. The Kier molecular flexibility index (Phi) is 20.3. The van der Waals surface area contributed by atoms with Gasteiger partial charge in [-0.05, 0) is 79.5 Å². The third-order valence-electron chi connectivity index (χ3n) is 11.8. The van der Waals surface area contributed by atoms with Gasteiger partial charge in [-0.2, -0.15) is 0 Å². The number of carboxylic acid groups (broad SMARTS) is 1. The lowest BCUT2D eigenvalue weighted by atomic mass is 9.90. The van der Waals surface area contributed by atoms with Crippen molar-refractivity contribution in [2.75, 3.05) is 24.6 Å². The van der Waals surface area contributed by atoms with Crippen molar-refractivity contribution in [1.29, 1.82) is 0 Å². The van der Waals surface area contributed by atoms with Gasteiger partial charge in [-0.3, -0.25) is 33.6 Å². The Morgan fingerprint density at radius 1 is 0.754 bits per heavy atom. The number of hydrogen-bond acceptors (Lipinski definition) is 13. The first-order chi connectivity index (χ1) is 33.0. The molecule has 19 nitrogen and oxygen atoms in total. The molecule has 0 aromatic heterocycles. The SMILES string of the molecule is CC(C)[C@H](NC(=O)[C@@H]1CSSC[C@H](NC(=O)[C@H](C)N)C(=O)N[C@@H](Cc2ccccc2)C(=O)N2CCc3ccccc3[C@@H]2C(=O)N[C@@H](CCCCN)C(=O)N[C@@H](Cc2ccc(O)cc2)C(=O)N1)C(=O)O. The maximum atomic E-state index is 15.1. The summed E-state index contributed by atoms with van der Waals surface area (Å²) in [5.41, 5.74) is 14.3. The van der Waals surface area contributed by atoms with E-state index in [4.69, 9.17) is 11.5 Å². The highest BCUT2D eigenvalue weighted by atomic mass is 33.1. The largest absolute Gasteiger partial charge is 0.508 e. The van der Waals surface area contributed by atoms with Gasteiger partial charge in [0.15, 0.2) is 0 Å². The summed E-state index contributed by atoms with van der Waals surface area (Å²) in [5.74, 6) is -7.34. The first-order valence-electron chi connectivity index (χ1n) is 22.9. The number of carbonyl (C=O) groups is 8. The van der Waals surface area contributed by atoms with Crippen molar-refractivity contribution in [3.05, 3.63) is 101 Å². The molecule has 0 saturated carbocycles. The average Bonchev–Trinajstić information content (AvgIpc) is 3.32. The number of benzene rings is 3. The van der Waals surface area contributed by atoms with Gasteiger partial charge in [0.2, 0.25) is 41.4 Å². The molecule has 12 N–H and O–H groups in total. The van der Waals surface area contributed by atoms with Crippen molar-refractivity contribution in [3.8, 4) is 5.75 Å². The standard InChI is InChI=1S/C48H63N9O10S2/c1-27(2)39(48(66)67)56-45(63)38-26-69-68-25-37(54-41(59)28(3)50)44(62)53-36(24-29-11-5-4-6-12-29)47(65)57-22-20-31-13-7-8-14-33(31)40(57)46(64)51-34(15-9-10-21-49)42(60)52-35(43(61)55-38)23-30-16-18-32(58)19-17-30/h4-8,11-14,16-19,27-28,34-40,58H,9-10,15,20-26,49-50H2,1-3H3,(H,51,64)(H,52,60)(H,53,62)(H,54,59)(H,55,61)(H,56,63)(H,66,67)/t28-,34-,35-,36-,37-,38-,39-,40+/m0/s1. The molecule has 2 heterocycles. The molecule has 1 fully saturated rings. The highest BCUT2D eigenvalue weighted by molar-refractivity contribution is 8.76. The van der Waals surface area contributed by atoms with Crippen molar-refractivity contribution in [2.45, 2.75) is 108 Å². The van der Waals surface area contributed by atoms with Crippen LogP contribution in [0.15, 0.2) is 78.9 Å².